The van der Waals surface area contributed by atoms with Crippen LogP contribution < -0.4 is 5.32 Å². The quantitative estimate of drug-likeness (QED) is 0.713. The minimum absolute atomic E-state index is 0.000855. The van der Waals surface area contributed by atoms with Gasteiger partial charge < -0.3 is 10.2 Å². The Hall–Kier alpha value is -2.05. The van der Waals surface area contributed by atoms with Crippen molar-refractivity contribution in [3.05, 3.63) is 48.5 Å². The van der Waals surface area contributed by atoms with Crippen molar-refractivity contribution < 1.29 is 4.79 Å². The molecule has 0 bridgehead atoms. The summed E-state index contributed by atoms with van der Waals surface area (Å²) >= 11 is 3.35. The largest absolute Gasteiger partial charge is 0.325 e. The molecular formula is C18H17N3OS2. The molecule has 3 aromatic rings. The van der Waals surface area contributed by atoms with E-state index in [0.29, 0.717) is 0 Å². The molecule has 0 aliphatic carbocycles. The van der Waals surface area contributed by atoms with Gasteiger partial charge in [0.05, 0.1) is 10.2 Å². The van der Waals surface area contributed by atoms with E-state index in [1.165, 1.54) is 4.70 Å². The fourth-order valence-corrected chi connectivity index (χ4v) is 4.76. The third-order valence-corrected chi connectivity index (χ3v) is 6.08. The Bertz CT molecular complexity index is 821. The van der Waals surface area contributed by atoms with E-state index in [-0.39, 0.29) is 6.03 Å². The first kappa shape index (κ1) is 15.5. The molecule has 1 N–H and O–H groups in total. The summed E-state index contributed by atoms with van der Waals surface area (Å²) in [6.45, 7) is 1.72. The van der Waals surface area contributed by atoms with Gasteiger partial charge in [0, 0.05) is 23.7 Å². The van der Waals surface area contributed by atoms with E-state index < -0.39 is 0 Å². The number of aromatic nitrogens is 1. The molecule has 2 amide bonds. The van der Waals surface area contributed by atoms with Crippen LogP contribution in [0.15, 0.2) is 57.8 Å². The van der Waals surface area contributed by atoms with Gasteiger partial charge in [0.1, 0.15) is 0 Å². The highest BCUT2D eigenvalue weighted by Gasteiger charge is 2.17. The average molecular weight is 355 g/mol. The van der Waals surface area contributed by atoms with Crippen molar-refractivity contribution in [2.45, 2.75) is 22.1 Å². The Morgan fingerprint density at radius 2 is 1.83 bits per heavy atom. The number of nitrogens with one attached hydrogen (secondary N) is 1. The molecule has 0 saturated carbocycles. The first-order valence-electron chi connectivity index (χ1n) is 7.97. The Balaban J connectivity index is 1.42. The van der Waals surface area contributed by atoms with Crippen LogP contribution in [-0.4, -0.2) is 29.0 Å². The lowest BCUT2D eigenvalue weighted by Crippen LogP contribution is -2.32. The molecule has 1 aliphatic heterocycles. The first-order chi connectivity index (χ1) is 11.8. The second-order valence-electron chi connectivity index (χ2n) is 5.70. The standard InChI is InChI=1S/C18H17N3OS2/c22-17(21-11-3-4-12-21)19-13-7-9-14(10-8-13)23-18-20-15-5-1-2-6-16(15)24-18/h1-2,5-10H,3-4,11-12H2,(H,19,22). The van der Waals surface area contributed by atoms with Gasteiger partial charge in [-0.15, -0.1) is 11.3 Å². The Morgan fingerprint density at radius 1 is 1.08 bits per heavy atom. The van der Waals surface area contributed by atoms with Crippen LogP contribution in [0.1, 0.15) is 12.8 Å². The maximum Gasteiger partial charge on any atom is 0.321 e. The van der Waals surface area contributed by atoms with E-state index >= 15 is 0 Å². The summed E-state index contributed by atoms with van der Waals surface area (Å²) in [5.41, 5.74) is 1.88. The van der Waals surface area contributed by atoms with Crippen molar-refractivity contribution in [3.8, 4) is 0 Å². The number of thiazole rings is 1. The summed E-state index contributed by atoms with van der Waals surface area (Å²) < 4.78 is 2.24. The highest BCUT2D eigenvalue weighted by atomic mass is 32.2. The van der Waals surface area contributed by atoms with Gasteiger partial charge in [-0.25, -0.2) is 9.78 Å². The number of rotatable bonds is 3. The molecule has 1 aromatic heterocycles. The number of likely N-dealkylation sites (tertiary alicyclic amines) is 1. The van der Waals surface area contributed by atoms with Crippen molar-refractivity contribution in [3.63, 3.8) is 0 Å². The molecule has 122 valence electrons. The Labute approximate surface area is 148 Å². The van der Waals surface area contributed by atoms with Gasteiger partial charge >= 0.3 is 6.03 Å². The third kappa shape index (κ3) is 3.39. The number of hydrogen-bond donors (Lipinski definition) is 1. The molecular weight excluding hydrogens is 338 g/mol. The van der Waals surface area contributed by atoms with Crippen LogP contribution >= 0.6 is 23.1 Å². The summed E-state index contributed by atoms with van der Waals surface area (Å²) in [5.74, 6) is 0. The number of amides is 2. The molecule has 4 nitrogen and oxygen atoms in total. The van der Waals surface area contributed by atoms with Crippen LogP contribution in [-0.2, 0) is 0 Å². The lowest BCUT2D eigenvalue weighted by molar-refractivity contribution is 0.222. The highest BCUT2D eigenvalue weighted by molar-refractivity contribution is 8.01. The normalized spacial score (nSPS) is 14.2. The van der Waals surface area contributed by atoms with Crippen LogP contribution in [0, 0.1) is 0 Å². The van der Waals surface area contributed by atoms with Gasteiger partial charge in [-0.1, -0.05) is 23.9 Å². The molecule has 1 saturated heterocycles. The maximum absolute atomic E-state index is 12.1. The Morgan fingerprint density at radius 3 is 2.58 bits per heavy atom. The molecule has 0 unspecified atom stereocenters. The molecule has 4 rings (SSSR count). The van der Waals surface area contributed by atoms with Crippen LogP contribution in [0.3, 0.4) is 0 Å². The zero-order valence-electron chi connectivity index (χ0n) is 13.1. The molecule has 2 heterocycles. The molecule has 0 radical (unpaired) electrons. The minimum Gasteiger partial charge on any atom is -0.325 e. The van der Waals surface area contributed by atoms with Gasteiger partial charge in [0.15, 0.2) is 4.34 Å². The molecule has 24 heavy (non-hydrogen) atoms. The second-order valence-corrected chi connectivity index (χ2v) is 8.05. The summed E-state index contributed by atoms with van der Waals surface area (Å²) in [7, 11) is 0. The smallest absolute Gasteiger partial charge is 0.321 e. The van der Waals surface area contributed by atoms with Crippen molar-refractivity contribution in [2.75, 3.05) is 18.4 Å². The second kappa shape index (κ2) is 6.83. The summed E-state index contributed by atoms with van der Waals surface area (Å²) in [4.78, 5) is 19.7. The number of carbonyl (C=O) groups excluding carboxylic acids is 1. The zero-order chi connectivity index (χ0) is 16.4. The van der Waals surface area contributed by atoms with Gasteiger partial charge in [-0.3, -0.25) is 0 Å². The molecule has 1 fully saturated rings. The summed E-state index contributed by atoms with van der Waals surface area (Å²) in [5, 5.41) is 2.96. The fourth-order valence-electron chi connectivity index (χ4n) is 2.72. The monoisotopic (exact) mass is 355 g/mol. The molecule has 6 heteroatoms. The molecule has 2 aromatic carbocycles. The number of anilines is 1. The number of urea groups is 1. The van der Waals surface area contributed by atoms with Crippen LogP contribution in [0.4, 0.5) is 10.5 Å². The number of para-hydroxylation sites is 1. The van der Waals surface area contributed by atoms with Gasteiger partial charge in [0.25, 0.3) is 0 Å². The molecule has 1 aliphatic rings. The van der Waals surface area contributed by atoms with E-state index in [1.54, 1.807) is 23.1 Å². The van der Waals surface area contributed by atoms with Crippen molar-refractivity contribution in [1.82, 2.24) is 9.88 Å². The van der Waals surface area contributed by atoms with Crippen LogP contribution in [0.5, 0.6) is 0 Å². The van der Waals surface area contributed by atoms with E-state index in [1.807, 2.05) is 47.4 Å². The zero-order valence-corrected chi connectivity index (χ0v) is 14.7. The predicted molar refractivity (Wildman–Crippen MR) is 100 cm³/mol. The van der Waals surface area contributed by atoms with Crippen molar-refractivity contribution >= 4 is 45.0 Å². The fraction of sp³-hybridized carbons (Fsp3) is 0.222. The Kier molecular flexibility index (Phi) is 4.40. The van der Waals surface area contributed by atoms with E-state index in [2.05, 4.69) is 16.4 Å². The third-order valence-electron chi connectivity index (χ3n) is 3.98. The van der Waals surface area contributed by atoms with Gasteiger partial charge in [-0.05, 0) is 49.2 Å². The lowest BCUT2D eigenvalue weighted by Gasteiger charge is -2.16. The van der Waals surface area contributed by atoms with E-state index in [4.69, 9.17) is 0 Å². The minimum atomic E-state index is -0.000855. The van der Waals surface area contributed by atoms with E-state index in [9.17, 15) is 4.79 Å². The number of benzene rings is 2. The van der Waals surface area contributed by atoms with Gasteiger partial charge in [0.2, 0.25) is 0 Å². The topological polar surface area (TPSA) is 45.2 Å². The number of nitrogens with zero attached hydrogens (tertiary/aromatic N) is 2. The van der Waals surface area contributed by atoms with Crippen molar-refractivity contribution in [2.24, 2.45) is 0 Å². The first-order valence-corrected chi connectivity index (χ1v) is 9.61. The number of carbonyl (C=O) groups is 1. The van der Waals surface area contributed by atoms with Crippen LogP contribution in [0.25, 0.3) is 10.2 Å². The number of fused-ring (bicyclic) bond motifs is 1. The number of hydrogen-bond acceptors (Lipinski definition) is 4. The SMILES string of the molecule is O=C(Nc1ccc(Sc2nc3ccccc3s2)cc1)N1CCCC1. The average Bonchev–Trinajstić information content (AvgIpc) is 3.25. The molecule has 0 atom stereocenters. The predicted octanol–water partition coefficient (Wildman–Crippen LogP) is 5.08. The highest BCUT2D eigenvalue weighted by Crippen LogP contribution is 2.34. The molecule has 0 spiro atoms. The van der Waals surface area contributed by atoms with Crippen LogP contribution in [0.2, 0.25) is 0 Å². The van der Waals surface area contributed by atoms with Gasteiger partial charge in [-0.2, -0.15) is 0 Å². The summed E-state index contributed by atoms with van der Waals surface area (Å²) in [6.07, 6.45) is 2.20. The summed E-state index contributed by atoms with van der Waals surface area (Å²) in [6, 6.07) is 16.1. The van der Waals surface area contributed by atoms with E-state index in [0.717, 1.165) is 46.4 Å². The maximum atomic E-state index is 12.1. The van der Waals surface area contributed by atoms with Crippen molar-refractivity contribution in [1.29, 1.82) is 0 Å². The lowest BCUT2D eigenvalue weighted by atomic mass is 10.3.